The van der Waals surface area contributed by atoms with Crippen LogP contribution in [0, 0.1) is 24.2 Å². The zero-order chi connectivity index (χ0) is 24.9. The molecule has 1 aromatic carbocycles. The summed E-state index contributed by atoms with van der Waals surface area (Å²) in [6.07, 6.45) is 0.812. The van der Waals surface area contributed by atoms with Gasteiger partial charge in [-0.05, 0) is 50.5 Å². The number of sulfonamides is 1. The third-order valence-corrected chi connectivity index (χ3v) is 7.19. The lowest BCUT2D eigenvalue weighted by Crippen LogP contribution is -2.43. The molecule has 0 saturated carbocycles. The monoisotopic (exact) mass is 548 g/mol. The van der Waals surface area contributed by atoms with E-state index in [4.69, 9.17) is 4.74 Å². The minimum Gasteiger partial charge on any atom is -0.462 e. The first-order valence-corrected chi connectivity index (χ1v) is 13.2. The van der Waals surface area contributed by atoms with Crippen LogP contribution >= 0.6 is 15.9 Å². The molecule has 0 unspecified atom stereocenters. The molecule has 0 atom stereocenters. The number of carbonyl (C=O) groups excluding carboxylic acids is 2. The zero-order valence-corrected chi connectivity index (χ0v) is 21.3. The number of aromatic nitrogens is 1. The number of hydrogen-bond donors (Lipinski definition) is 1. The number of hydrogen-bond acceptors (Lipinski definition) is 8. The van der Waals surface area contributed by atoms with Crippen LogP contribution in [0.25, 0.3) is 0 Å². The fraction of sp³-hybridized carbons (Fsp3) is 0.391. The van der Waals surface area contributed by atoms with Crippen molar-refractivity contribution in [1.29, 1.82) is 5.26 Å². The Labute approximate surface area is 207 Å². The van der Waals surface area contributed by atoms with Gasteiger partial charge in [0.25, 0.3) is 0 Å². The maximum atomic E-state index is 12.6. The Morgan fingerprint density at radius 1 is 1.29 bits per heavy atom. The average Bonchev–Trinajstić information content (AvgIpc) is 2.78. The second kappa shape index (κ2) is 11.0. The molecule has 1 N–H and O–H groups in total. The Morgan fingerprint density at radius 2 is 2.00 bits per heavy atom. The summed E-state index contributed by atoms with van der Waals surface area (Å²) >= 11 is 3.31. The van der Waals surface area contributed by atoms with E-state index in [9.17, 15) is 23.3 Å². The first-order chi connectivity index (χ1) is 16.1. The van der Waals surface area contributed by atoms with Crippen molar-refractivity contribution in [2.45, 2.75) is 32.4 Å². The molecule has 1 saturated heterocycles. The quantitative estimate of drug-likeness (QED) is 0.522. The summed E-state index contributed by atoms with van der Waals surface area (Å²) in [5, 5.41) is 9.58. The SMILES string of the molecule is CCOC(=O)c1cc(C#N)c(N2CCC(C(=O)NS(=O)(=O)Cc3cccc(Br)c3)CC2)nc1C. The molecule has 9 nitrogen and oxygen atoms in total. The van der Waals surface area contributed by atoms with E-state index in [0.717, 1.165) is 4.47 Å². The van der Waals surface area contributed by atoms with Crippen LogP contribution in [0.2, 0.25) is 0 Å². The summed E-state index contributed by atoms with van der Waals surface area (Å²) < 4.78 is 32.9. The van der Waals surface area contributed by atoms with E-state index in [-0.39, 0.29) is 23.5 Å². The molecular weight excluding hydrogens is 524 g/mol. The molecule has 0 spiro atoms. The summed E-state index contributed by atoms with van der Waals surface area (Å²) in [4.78, 5) is 31.1. The summed E-state index contributed by atoms with van der Waals surface area (Å²) in [6, 6.07) is 10.5. The van der Waals surface area contributed by atoms with Crippen molar-refractivity contribution in [3.63, 3.8) is 0 Å². The van der Waals surface area contributed by atoms with Gasteiger partial charge in [-0.2, -0.15) is 5.26 Å². The van der Waals surface area contributed by atoms with Gasteiger partial charge in [0, 0.05) is 23.5 Å². The van der Waals surface area contributed by atoms with Crippen molar-refractivity contribution in [2.24, 2.45) is 5.92 Å². The molecule has 0 aliphatic carbocycles. The van der Waals surface area contributed by atoms with Gasteiger partial charge in [-0.1, -0.05) is 28.1 Å². The highest BCUT2D eigenvalue weighted by Gasteiger charge is 2.30. The van der Waals surface area contributed by atoms with E-state index in [1.165, 1.54) is 6.07 Å². The van der Waals surface area contributed by atoms with Gasteiger partial charge in [-0.15, -0.1) is 0 Å². The van der Waals surface area contributed by atoms with Crippen molar-refractivity contribution in [3.05, 3.63) is 57.2 Å². The second-order valence-electron chi connectivity index (χ2n) is 7.94. The van der Waals surface area contributed by atoms with E-state index in [1.54, 1.807) is 38.1 Å². The normalized spacial score (nSPS) is 14.4. The zero-order valence-electron chi connectivity index (χ0n) is 18.9. The molecule has 0 radical (unpaired) electrons. The van der Waals surface area contributed by atoms with Crippen molar-refractivity contribution in [2.75, 3.05) is 24.6 Å². The Bertz CT molecular complexity index is 1230. The second-order valence-corrected chi connectivity index (χ2v) is 10.6. The maximum absolute atomic E-state index is 12.6. The van der Waals surface area contributed by atoms with Gasteiger partial charge in [0.1, 0.15) is 11.9 Å². The van der Waals surface area contributed by atoms with Crippen LogP contribution in [-0.4, -0.2) is 45.0 Å². The molecule has 1 fully saturated rings. The molecule has 34 heavy (non-hydrogen) atoms. The van der Waals surface area contributed by atoms with Gasteiger partial charge in [0.2, 0.25) is 15.9 Å². The number of nitriles is 1. The highest BCUT2D eigenvalue weighted by molar-refractivity contribution is 9.10. The highest BCUT2D eigenvalue weighted by Crippen LogP contribution is 2.27. The van der Waals surface area contributed by atoms with E-state index in [1.807, 2.05) is 4.90 Å². The number of aryl methyl sites for hydroxylation is 1. The topological polar surface area (TPSA) is 129 Å². The highest BCUT2D eigenvalue weighted by atomic mass is 79.9. The standard InChI is InChI=1S/C23H25BrN4O5S/c1-3-33-23(30)20-12-18(13-25)21(26-15(20)2)28-9-7-17(8-10-28)22(29)27-34(31,32)14-16-5-4-6-19(24)11-16/h4-6,11-12,17H,3,7-10,14H2,1-2H3,(H,27,29). The number of nitrogens with zero attached hydrogens (tertiary/aromatic N) is 3. The van der Waals surface area contributed by atoms with Gasteiger partial charge in [0.05, 0.1) is 29.2 Å². The van der Waals surface area contributed by atoms with Gasteiger partial charge in [-0.25, -0.2) is 18.2 Å². The van der Waals surface area contributed by atoms with Crippen LogP contribution < -0.4 is 9.62 Å². The number of piperidine rings is 1. The Balaban J connectivity index is 1.64. The average molecular weight is 549 g/mol. The molecule has 0 bridgehead atoms. The molecule has 1 aromatic heterocycles. The lowest BCUT2D eigenvalue weighted by atomic mass is 9.96. The first-order valence-electron chi connectivity index (χ1n) is 10.8. The predicted octanol–water partition coefficient (Wildman–Crippen LogP) is 3.06. The maximum Gasteiger partial charge on any atom is 0.340 e. The number of rotatable bonds is 7. The number of benzene rings is 1. The van der Waals surface area contributed by atoms with Crippen LogP contribution in [0.5, 0.6) is 0 Å². The fourth-order valence-corrected chi connectivity index (χ4v) is 5.41. The van der Waals surface area contributed by atoms with Crippen LogP contribution in [0.15, 0.2) is 34.8 Å². The number of carbonyl (C=O) groups is 2. The fourth-order valence-electron chi connectivity index (χ4n) is 3.80. The summed E-state index contributed by atoms with van der Waals surface area (Å²) in [6.45, 7) is 4.43. The van der Waals surface area contributed by atoms with Crippen LogP contribution in [0.4, 0.5) is 5.82 Å². The van der Waals surface area contributed by atoms with E-state index < -0.39 is 27.8 Å². The summed E-state index contributed by atoms with van der Waals surface area (Å²) in [5.41, 5.74) is 1.51. The minimum atomic E-state index is -3.83. The number of amides is 1. The van der Waals surface area contributed by atoms with Crippen molar-refractivity contribution in [1.82, 2.24) is 9.71 Å². The largest absolute Gasteiger partial charge is 0.462 e. The number of anilines is 1. The molecule has 1 aliphatic rings. The lowest BCUT2D eigenvalue weighted by molar-refractivity contribution is -0.123. The predicted molar refractivity (Wildman–Crippen MR) is 129 cm³/mol. The van der Waals surface area contributed by atoms with Crippen molar-refractivity contribution >= 4 is 43.6 Å². The van der Waals surface area contributed by atoms with Crippen molar-refractivity contribution < 1.29 is 22.7 Å². The van der Waals surface area contributed by atoms with Crippen LogP contribution in [0.3, 0.4) is 0 Å². The Kier molecular flexibility index (Phi) is 8.28. The number of esters is 1. The summed E-state index contributed by atoms with van der Waals surface area (Å²) in [5.74, 6) is -1.39. The van der Waals surface area contributed by atoms with Gasteiger partial charge in [-0.3, -0.25) is 9.52 Å². The van der Waals surface area contributed by atoms with Gasteiger partial charge in [0.15, 0.2) is 0 Å². The Hall–Kier alpha value is -2.97. The van der Waals surface area contributed by atoms with E-state index in [2.05, 4.69) is 31.7 Å². The van der Waals surface area contributed by atoms with Gasteiger partial charge < -0.3 is 9.64 Å². The molecule has 180 valence electrons. The molecule has 2 heterocycles. The molecular formula is C23H25BrN4O5S. The number of nitrogens with one attached hydrogen (secondary N) is 1. The third kappa shape index (κ3) is 6.33. The molecule has 2 aromatic rings. The van der Waals surface area contributed by atoms with E-state index in [0.29, 0.717) is 43.0 Å². The molecule has 1 amide bonds. The van der Waals surface area contributed by atoms with E-state index >= 15 is 0 Å². The number of pyridine rings is 1. The third-order valence-electron chi connectivity index (χ3n) is 5.48. The summed E-state index contributed by atoms with van der Waals surface area (Å²) in [7, 11) is -3.83. The number of halogens is 1. The molecule has 11 heteroatoms. The van der Waals surface area contributed by atoms with Gasteiger partial charge >= 0.3 is 5.97 Å². The first kappa shape index (κ1) is 25.6. The lowest BCUT2D eigenvalue weighted by Gasteiger charge is -2.32. The smallest absolute Gasteiger partial charge is 0.340 e. The Morgan fingerprint density at radius 3 is 2.62 bits per heavy atom. The van der Waals surface area contributed by atoms with Crippen LogP contribution in [-0.2, 0) is 25.3 Å². The van der Waals surface area contributed by atoms with Crippen LogP contribution in [0.1, 0.15) is 46.9 Å². The van der Waals surface area contributed by atoms with Crippen molar-refractivity contribution in [3.8, 4) is 6.07 Å². The minimum absolute atomic E-state index is 0.218. The number of ether oxygens (including phenoxy) is 1. The molecule has 3 rings (SSSR count). The molecule has 1 aliphatic heterocycles.